The van der Waals surface area contributed by atoms with Crippen LogP contribution in [0, 0.1) is 0 Å². The Kier molecular flexibility index (Phi) is 5.64. The lowest BCUT2D eigenvalue weighted by Crippen LogP contribution is -2.54. The van der Waals surface area contributed by atoms with Gasteiger partial charge in [0, 0.05) is 22.8 Å². The summed E-state index contributed by atoms with van der Waals surface area (Å²) in [6, 6.07) is 9.40. The zero-order chi connectivity index (χ0) is 19.9. The predicted octanol–water partition coefficient (Wildman–Crippen LogP) is 5.49. The molecule has 0 saturated heterocycles. The van der Waals surface area contributed by atoms with E-state index in [2.05, 4.69) is 21.2 Å². The summed E-state index contributed by atoms with van der Waals surface area (Å²) in [5.74, 6) is 0.632. The van der Waals surface area contributed by atoms with Gasteiger partial charge in [-0.25, -0.2) is 4.79 Å². The number of halogens is 3. The molecule has 0 spiro atoms. The number of amides is 2. The maximum atomic E-state index is 12.8. The van der Waals surface area contributed by atoms with E-state index < -0.39 is 17.7 Å². The van der Waals surface area contributed by atoms with Crippen LogP contribution in [0.1, 0.15) is 25.5 Å². The van der Waals surface area contributed by atoms with Crippen molar-refractivity contribution in [2.45, 2.75) is 31.6 Å². The van der Waals surface area contributed by atoms with Gasteiger partial charge in [0.15, 0.2) is 0 Å². The highest BCUT2D eigenvalue weighted by atomic mass is 79.9. The molecule has 0 unspecified atom stereocenters. The fourth-order valence-electron chi connectivity index (χ4n) is 3.07. The van der Waals surface area contributed by atoms with Crippen LogP contribution in [-0.4, -0.2) is 34.8 Å². The second-order valence-corrected chi connectivity index (χ2v) is 8.68. The SMILES string of the molecule is CN(C(=O)Nc1ccc(Cl)c(Cl)c1)[C@@H]1c2cc(Br)ccc2OC(C)(C)[C@H]1O. The number of urea groups is 1. The standard InChI is InChI=1S/C19H19BrCl2N2O3/c1-19(2)17(25)16(12-8-10(20)4-7-15(12)27-19)24(3)18(26)23-11-5-6-13(21)14(22)9-11/h4-9,16-17,25H,1-3H3,(H,23,26)/t16-,17+/m1/s1. The molecule has 1 heterocycles. The van der Waals surface area contributed by atoms with Crippen LogP contribution in [0.4, 0.5) is 10.5 Å². The van der Waals surface area contributed by atoms with E-state index in [-0.39, 0.29) is 6.03 Å². The minimum absolute atomic E-state index is 0.346. The zero-order valence-corrected chi connectivity index (χ0v) is 18.1. The minimum atomic E-state index is -0.927. The number of likely N-dealkylation sites (N-methyl/N-ethyl adjacent to an activating group) is 1. The van der Waals surface area contributed by atoms with Crippen LogP contribution in [0.15, 0.2) is 40.9 Å². The topological polar surface area (TPSA) is 61.8 Å². The number of benzene rings is 2. The Balaban J connectivity index is 1.92. The van der Waals surface area contributed by atoms with Gasteiger partial charge in [0.25, 0.3) is 0 Å². The van der Waals surface area contributed by atoms with Crippen molar-refractivity contribution in [3.63, 3.8) is 0 Å². The van der Waals surface area contributed by atoms with Crippen LogP contribution in [0.25, 0.3) is 0 Å². The first kappa shape index (κ1) is 20.3. The van der Waals surface area contributed by atoms with Gasteiger partial charge in [-0.1, -0.05) is 39.1 Å². The van der Waals surface area contributed by atoms with E-state index in [1.54, 1.807) is 39.1 Å². The molecule has 0 bridgehead atoms. The molecule has 2 aromatic rings. The molecule has 0 radical (unpaired) electrons. The Bertz CT molecular complexity index is 891. The maximum absolute atomic E-state index is 12.8. The van der Waals surface area contributed by atoms with Crippen LogP contribution < -0.4 is 10.1 Å². The van der Waals surface area contributed by atoms with Crippen LogP contribution in [0.2, 0.25) is 10.0 Å². The molecule has 5 nitrogen and oxygen atoms in total. The summed E-state index contributed by atoms with van der Waals surface area (Å²) in [6.07, 6.45) is -0.927. The normalized spacial score (nSPS) is 20.4. The number of ether oxygens (including phenoxy) is 1. The second-order valence-electron chi connectivity index (χ2n) is 6.95. The van der Waals surface area contributed by atoms with Gasteiger partial charge >= 0.3 is 6.03 Å². The summed E-state index contributed by atoms with van der Waals surface area (Å²) in [7, 11) is 1.63. The molecule has 2 N–H and O–H groups in total. The lowest BCUT2D eigenvalue weighted by molar-refractivity contribution is -0.0807. The molecule has 3 rings (SSSR count). The highest BCUT2D eigenvalue weighted by Gasteiger charge is 2.45. The van der Waals surface area contributed by atoms with Gasteiger partial charge in [-0.3, -0.25) is 0 Å². The monoisotopic (exact) mass is 472 g/mol. The van der Waals surface area contributed by atoms with Gasteiger partial charge in [0.05, 0.1) is 16.1 Å². The first-order chi connectivity index (χ1) is 12.6. The van der Waals surface area contributed by atoms with E-state index in [0.717, 1.165) is 10.0 Å². The number of hydrogen-bond acceptors (Lipinski definition) is 3. The molecule has 2 aromatic carbocycles. The minimum Gasteiger partial charge on any atom is -0.485 e. The molecule has 2 atom stereocenters. The summed E-state index contributed by atoms with van der Waals surface area (Å²) < 4.78 is 6.77. The molecule has 2 amide bonds. The number of aliphatic hydroxyl groups is 1. The Hall–Kier alpha value is -1.47. The number of fused-ring (bicyclic) bond motifs is 1. The number of carbonyl (C=O) groups excluding carboxylic acids is 1. The van der Waals surface area contributed by atoms with Gasteiger partial charge in [-0.15, -0.1) is 0 Å². The Labute approximate surface area is 176 Å². The zero-order valence-electron chi connectivity index (χ0n) is 15.0. The molecular formula is C19H19BrCl2N2O3. The number of nitrogens with one attached hydrogen (secondary N) is 1. The number of anilines is 1. The number of rotatable bonds is 2. The Morgan fingerprint density at radius 3 is 2.59 bits per heavy atom. The van der Waals surface area contributed by atoms with Crippen LogP contribution >= 0.6 is 39.1 Å². The van der Waals surface area contributed by atoms with Gasteiger partial charge < -0.3 is 20.1 Å². The number of carbonyl (C=O) groups is 1. The molecule has 0 saturated carbocycles. The van der Waals surface area contributed by atoms with E-state index in [4.69, 9.17) is 27.9 Å². The van der Waals surface area contributed by atoms with Crippen LogP contribution in [0.5, 0.6) is 5.75 Å². The molecule has 1 aliphatic rings. The maximum Gasteiger partial charge on any atom is 0.322 e. The van der Waals surface area contributed by atoms with E-state index in [0.29, 0.717) is 21.5 Å². The van der Waals surface area contributed by atoms with Gasteiger partial charge in [0.1, 0.15) is 17.5 Å². The second kappa shape index (κ2) is 7.51. The third-order valence-corrected chi connectivity index (χ3v) is 5.82. The highest BCUT2D eigenvalue weighted by molar-refractivity contribution is 9.10. The van der Waals surface area contributed by atoms with E-state index in [1.165, 1.54) is 4.90 Å². The lowest BCUT2D eigenvalue weighted by Gasteiger charge is -2.45. The molecule has 0 fully saturated rings. The average Bonchev–Trinajstić information content (AvgIpc) is 2.59. The highest BCUT2D eigenvalue weighted by Crippen LogP contribution is 2.43. The van der Waals surface area contributed by atoms with Crippen molar-refractivity contribution >= 4 is 50.9 Å². The first-order valence-corrected chi connectivity index (χ1v) is 9.80. The molecule has 144 valence electrons. The molecule has 1 aliphatic heterocycles. The predicted molar refractivity (Wildman–Crippen MR) is 111 cm³/mol. The number of hydrogen-bond donors (Lipinski definition) is 2. The van der Waals surface area contributed by atoms with Crippen molar-refractivity contribution in [1.29, 1.82) is 0 Å². The fraction of sp³-hybridized carbons (Fsp3) is 0.316. The van der Waals surface area contributed by atoms with Crippen molar-refractivity contribution in [1.82, 2.24) is 4.90 Å². The van der Waals surface area contributed by atoms with Crippen molar-refractivity contribution < 1.29 is 14.6 Å². The summed E-state index contributed by atoms with van der Waals surface area (Å²) in [5, 5.41) is 14.4. The van der Waals surface area contributed by atoms with Crippen LogP contribution in [-0.2, 0) is 0 Å². The third-order valence-electron chi connectivity index (χ3n) is 4.58. The summed E-state index contributed by atoms with van der Waals surface area (Å²) in [6.45, 7) is 3.58. The van der Waals surface area contributed by atoms with Crippen LogP contribution in [0.3, 0.4) is 0 Å². The lowest BCUT2D eigenvalue weighted by atomic mass is 9.86. The van der Waals surface area contributed by atoms with Crippen molar-refractivity contribution in [2.75, 3.05) is 12.4 Å². The van der Waals surface area contributed by atoms with Crippen molar-refractivity contribution in [3.05, 3.63) is 56.5 Å². The van der Waals surface area contributed by atoms with E-state index in [9.17, 15) is 9.90 Å². The smallest absolute Gasteiger partial charge is 0.322 e. The summed E-state index contributed by atoms with van der Waals surface area (Å²) in [5.41, 5.74) is 0.378. The number of aliphatic hydroxyl groups excluding tert-OH is 1. The molecular weight excluding hydrogens is 455 g/mol. The average molecular weight is 474 g/mol. The van der Waals surface area contributed by atoms with Gasteiger partial charge in [0.2, 0.25) is 0 Å². The fourth-order valence-corrected chi connectivity index (χ4v) is 3.75. The van der Waals surface area contributed by atoms with E-state index in [1.807, 2.05) is 18.2 Å². The molecule has 27 heavy (non-hydrogen) atoms. The van der Waals surface area contributed by atoms with Gasteiger partial charge in [-0.2, -0.15) is 0 Å². The van der Waals surface area contributed by atoms with Gasteiger partial charge in [-0.05, 0) is 50.2 Å². The van der Waals surface area contributed by atoms with Crippen molar-refractivity contribution in [2.24, 2.45) is 0 Å². The summed E-state index contributed by atoms with van der Waals surface area (Å²) >= 11 is 15.4. The molecule has 8 heteroatoms. The first-order valence-electron chi connectivity index (χ1n) is 8.25. The molecule has 0 aromatic heterocycles. The Morgan fingerprint density at radius 2 is 1.93 bits per heavy atom. The van der Waals surface area contributed by atoms with Crippen molar-refractivity contribution in [3.8, 4) is 5.75 Å². The third kappa shape index (κ3) is 4.04. The van der Waals surface area contributed by atoms with E-state index >= 15 is 0 Å². The molecule has 0 aliphatic carbocycles. The Morgan fingerprint density at radius 1 is 1.22 bits per heavy atom. The largest absolute Gasteiger partial charge is 0.485 e. The quantitative estimate of drug-likeness (QED) is 0.605. The number of nitrogens with zero attached hydrogens (tertiary/aromatic N) is 1. The summed E-state index contributed by atoms with van der Waals surface area (Å²) in [4.78, 5) is 14.3.